The third kappa shape index (κ3) is 6.08. The number of nitrogens with zero attached hydrogens (tertiary/aromatic N) is 1. The number of aliphatic imine (C=N–C) groups is 1. The normalized spacial score (nSPS) is 20.9. The number of amides is 1. The Kier molecular flexibility index (Phi) is 7.62. The van der Waals surface area contributed by atoms with E-state index < -0.39 is 0 Å². The maximum absolute atomic E-state index is 12.4. The molecule has 1 unspecified atom stereocenters. The lowest BCUT2D eigenvalue weighted by atomic mass is 9.95. The second kappa shape index (κ2) is 9.49. The molecule has 0 saturated carbocycles. The summed E-state index contributed by atoms with van der Waals surface area (Å²) >= 11 is 13.6. The van der Waals surface area contributed by atoms with Gasteiger partial charge in [0.15, 0.2) is 5.17 Å². The van der Waals surface area contributed by atoms with E-state index in [1.807, 2.05) is 19.1 Å². The minimum Gasteiger partial charge on any atom is -0.379 e. The predicted octanol–water partition coefficient (Wildman–Crippen LogP) is 5.17. The molecule has 3 N–H and O–H groups in total. The number of allylic oxidation sites excluding steroid dienone is 3. The number of carbonyl (C=O) groups excluding carboxylic acids is 1. The van der Waals surface area contributed by atoms with E-state index in [1.54, 1.807) is 30.0 Å². The number of rotatable bonds is 6. The van der Waals surface area contributed by atoms with E-state index in [2.05, 4.69) is 23.3 Å². The number of hydrogen-bond donors (Lipinski definition) is 2. The van der Waals surface area contributed by atoms with E-state index in [-0.39, 0.29) is 11.4 Å². The van der Waals surface area contributed by atoms with Crippen molar-refractivity contribution in [1.82, 2.24) is 5.32 Å². The summed E-state index contributed by atoms with van der Waals surface area (Å²) in [7, 11) is 0. The molecule has 1 aromatic rings. The van der Waals surface area contributed by atoms with Gasteiger partial charge in [-0.1, -0.05) is 54.0 Å². The largest absolute Gasteiger partial charge is 0.379 e. The molecule has 0 saturated heterocycles. The summed E-state index contributed by atoms with van der Waals surface area (Å²) < 4.78 is 0. The number of hydrogen-bond acceptors (Lipinski definition) is 4. The predicted molar refractivity (Wildman–Crippen MR) is 113 cm³/mol. The Bertz CT molecular complexity index is 761. The standard InChI is InChI=1S/C19H23Cl2N3OS/c1-3-14(23-17(25)15-8-7-13(20)12-16(15)21)6-4-5-9-19(2)10-11-26-18(22)24-19/h4-8,12H,3,9-11H2,1-2H3,(H2,22,24)(H,23,25)/b5-4-,14-6+. The molecule has 2 rings (SSSR count). The van der Waals surface area contributed by atoms with Crippen LogP contribution in [-0.4, -0.2) is 22.4 Å². The zero-order valence-electron chi connectivity index (χ0n) is 14.9. The summed E-state index contributed by atoms with van der Waals surface area (Å²) in [6.07, 6.45) is 8.40. The highest BCUT2D eigenvalue weighted by Gasteiger charge is 2.25. The lowest BCUT2D eigenvalue weighted by molar-refractivity contribution is 0.0965. The Morgan fingerprint density at radius 1 is 1.46 bits per heavy atom. The third-order valence-electron chi connectivity index (χ3n) is 4.09. The molecule has 0 aliphatic carbocycles. The van der Waals surface area contributed by atoms with Crippen LogP contribution in [0.1, 0.15) is 43.5 Å². The third-order valence-corrected chi connectivity index (χ3v) is 5.44. The van der Waals surface area contributed by atoms with Gasteiger partial charge in [-0.15, -0.1) is 0 Å². The Labute approximate surface area is 168 Å². The number of nitrogens with one attached hydrogen (secondary N) is 1. The van der Waals surface area contributed by atoms with Crippen LogP contribution in [0.15, 0.2) is 47.1 Å². The molecule has 1 aliphatic rings. The van der Waals surface area contributed by atoms with Crippen molar-refractivity contribution in [3.05, 3.63) is 57.7 Å². The summed E-state index contributed by atoms with van der Waals surface area (Å²) in [5.41, 5.74) is 6.89. The summed E-state index contributed by atoms with van der Waals surface area (Å²) in [5.74, 6) is 0.745. The molecule has 7 heteroatoms. The SMILES string of the molecule is CC/C(=C\C=C/CC1(C)CCSC(N)=N1)NC(=O)c1ccc(Cl)cc1Cl. The molecular formula is C19H23Cl2N3OS. The van der Waals surface area contributed by atoms with Gasteiger partial charge in [-0.3, -0.25) is 9.79 Å². The zero-order chi connectivity index (χ0) is 19.2. The average molecular weight is 412 g/mol. The molecule has 0 fully saturated rings. The first kappa shape index (κ1) is 20.9. The number of nitrogens with two attached hydrogens (primary N) is 1. The van der Waals surface area contributed by atoms with E-state index >= 15 is 0 Å². The molecule has 1 aromatic carbocycles. The summed E-state index contributed by atoms with van der Waals surface area (Å²) in [6, 6.07) is 4.82. The van der Waals surface area contributed by atoms with Crippen LogP contribution >= 0.6 is 35.0 Å². The molecule has 4 nitrogen and oxygen atoms in total. The maximum Gasteiger partial charge on any atom is 0.256 e. The van der Waals surface area contributed by atoms with E-state index in [0.717, 1.165) is 24.3 Å². The summed E-state index contributed by atoms with van der Waals surface area (Å²) in [6.45, 7) is 4.09. The molecule has 140 valence electrons. The fraction of sp³-hybridized carbons (Fsp3) is 0.368. The number of benzene rings is 1. The Hall–Kier alpha value is -1.43. The molecule has 0 spiro atoms. The van der Waals surface area contributed by atoms with Gasteiger partial charge in [-0.2, -0.15) is 0 Å². The van der Waals surface area contributed by atoms with Gasteiger partial charge in [-0.05, 0) is 50.5 Å². The van der Waals surface area contributed by atoms with Gasteiger partial charge >= 0.3 is 0 Å². The van der Waals surface area contributed by atoms with Gasteiger partial charge < -0.3 is 11.1 Å². The van der Waals surface area contributed by atoms with Crippen molar-refractivity contribution in [3.8, 4) is 0 Å². The van der Waals surface area contributed by atoms with Crippen molar-refractivity contribution in [2.75, 3.05) is 5.75 Å². The molecule has 0 bridgehead atoms. The van der Waals surface area contributed by atoms with Crippen LogP contribution in [-0.2, 0) is 0 Å². The summed E-state index contributed by atoms with van der Waals surface area (Å²) in [4.78, 5) is 16.9. The van der Waals surface area contributed by atoms with Crippen LogP contribution in [0.5, 0.6) is 0 Å². The van der Waals surface area contributed by atoms with Crippen molar-refractivity contribution < 1.29 is 4.79 Å². The molecule has 1 atom stereocenters. The number of halogens is 2. The van der Waals surface area contributed by atoms with Crippen molar-refractivity contribution in [1.29, 1.82) is 0 Å². The lowest BCUT2D eigenvalue weighted by Crippen LogP contribution is -2.30. The first-order valence-corrected chi connectivity index (χ1v) is 10.2. The zero-order valence-corrected chi connectivity index (χ0v) is 17.2. The first-order chi connectivity index (χ1) is 12.3. The van der Waals surface area contributed by atoms with Crippen molar-refractivity contribution in [2.24, 2.45) is 10.7 Å². The molecule has 1 amide bonds. The van der Waals surface area contributed by atoms with E-state index in [0.29, 0.717) is 27.2 Å². The Balaban J connectivity index is 1.99. The molecule has 0 aromatic heterocycles. The monoisotopic (exact) mass is 411 g/mol. The fourth-order valence-electron chi connectivity index (χ4n) is 2.52. The number of thioether (sulfide) groups is 1. The van der Waals surface area contributed by atoms with Crippen LogP contribution in [0.25, 0.3) is 0 Å². The van der Waals surface area contributed by atoms with Gasteiger partial charge in [0.1, 0.15) is 0 Å². The Morgan fingerprint density at radius 2 is 2.23 bits per heavy atom. The first-order valence-electron chi connectivity index (χ1n) is 8.43. The molecule has 1 aliphatic heterocycles. The highest BCUT2D eigenvalue weighted by atomic mass is 35.5. The van der Waals surface area contributed by atoms with Crippen LogP contribution in [0, 0.1) is 0 Å². The molecule has 26 heavy (non-hydrogen) atoms. The average Bonchev–Trinajstić information content (AvgIpc) is 2.57. The minimum absolute atomic E-state index is 0.147. The van der Waals surface area contributed by atoms with Crippen LogP contribution in [0.2, 0.25) is 10.0 Å². The lowest BCUT2D eigenvalue weighted by Gasteiger charge is -2.27. The van der Waals surface area contributed by atoms with Crippen LogP contribution in [0.3, 0.4) is 0 Å². The second-order valence-corrected chi connectivity index (χ2v) is 8.26. The summed E-state index contributed by atoms with van der Waals surface area (Å²) in [5, 5.41) is 4.38. The quantitative estimate of drug-likeness (QED) is 0.633. The Morgan fingerprint density at radius 3 is 2.88 bits per heavy atom. The smallest absolute Gasteiger partial charge is 0.256 e. The number of amidine groups is 1. The van der Waals surface area contributed by atoms with Gasteiger partial charge in [0.2, 0.25) is 0 Å². The van der Waals surface area contributed by atoms with Gasteiger partial charge in [-0.25, -0.2) is 0 Å². The van der Waals surface area contributed by atoms with Crippen LogP contribution < -0.4 is 11.1 Å². The fourth-order valence-corrected chi connectivity index (χ4v) is 4.05. The van der Waals surface area contributed by atoms with Gasteiger partial charge in [0.05, 0.1) is 16.1 Å². The van der Waals surface area contributed by atoms with E-state index in [1.165, 1.54) is 0 Å². The topological polar surface area (TPSA) is 67.5 Å². The van der Waals surface area contributed by atoms with Gasteiger partial charge in [0.25, 0.3) is 5.91 Å². The van der Waals surface area contributed by atoms with Crippen molar-refractivity contribution in [3.63, 3.8) is 0 Å². The van der Waals surface area contributed by atoms with Gasteiger partial charge in [0, 0.05) is 16.5 Å². The number of carbonyl (C=O) groups is 1. The highest BCUT2D eigenvalue weighted by Crippen LogP contribution is 2.28. The molecule has 1 heterocycles. The van der Waals surface area contributed by atoms with E-state index in [4.69, 9.17) is 28.9 Å². The highest BCUT2D eigenvalue weighted by molar-refractivity contribution is 8.13. The van der Waals surface area contributed by atoms with Crippen molar-refractivity contribution in [2.45, 2.75) is 38.6 Å². The van der Waals surface area contributed by atoms with Crippen LogP contribution in [0.4, 0.5) is 0 Å². The van der Waals surface area contributed by atoms with E-state index in [9.17, 15) is 4.79 Å². The van der Waals surface area contributed by atoms with Crippen molar-refractivity contribution >= 4 is 46.0 Å². The molecule has 0 radical (unpaired) electrons. The second-order valence-electron chi connectivity index (χ2n) is 6.30. The minimum atomic E-state index is -0.248. The maximum atomic E-state index is 12.4. The molecular weight excluding hydrogens is 389 g/mol.